The molecule has 1 aliphatic rings. The number of fused-ring (bicyclic) bond motifs is 1. The van der Waals surface area contributed by atoms with E-state index in [1.807, 2.05) is 32.0 Å². The first-order valence-electron chi connectivity index (χ1n) is 8.49. The molecule has 0 saturated carbocycles. The maximum Gasteiger partial charge on any atom is 0.271 e. The number of carbonyl (C=O) groups is 1. The first-order chi connectivity index (χ1) is 11.9. The molecule has 0 unspecified atom stereocenters. The van der Waals surface area contributed by atoms with E-state index in [0.29, 0.717) is 16.3 Å². The van der Waals surface area contributed by atoms with Crippen LogP contribution in [0.2, 0.25) is 0 Å². The van der Waals surface area contributed by atoms with Crippen molar-refractivity contribution in [1.29, 1.82) is 0 Å². The van der Waals surface area contributed by atoms with Crippen molar-refractivity contribution in [3.8, 4) is 0 Å². The van der Waals surface area contributed by atoms with Gasteiger partial charge in [-0.2, -0.15) is 0 Å². The molecule has 2 heterocycles. The quantitative estimate of drug-likeness (QED) is 0.860. The van der Waals surface area contributed by atoms with Gasteiger partial charge in [0.2, 0.25) is 5.91 Å². The van der Waals surface area contributed by atoms with Gasteiger partial charge >= 0.3 is 0 Å². The lowest BCUT2D eigenvalue weighted by atomic mass is 10.0. The second-order valence-electron chi connectivity index (χ2n) is 6.03. The summed E-state index contributed by atoms with van der Waals surface area (Å²) < 4.78 is 28.1. The van der Waals surface area contributed by atoms with Crippen molar-refractivity contribution in [3.05, 3.63) is 40.8 Å². The third-order valence-corrected chi connectivity index (χ3v) is 7.41. The normalized spacial score (nSPS) is 14.2. The standard InChI is InChI=1S/C18H22N2O3S2/c1-3-15-8-10-18(24-15)25(22,23)19-14-7-9-16-13(12-14)6-5-11-20(16)17(21)4-2/h7-10,12,19H,3-6,11H2,1-2H3. The van der Waals surface area contributed by atoms with Crippen LogP contribution in [0.15, 0.2) is 34.5 Å². The van der Waals surface area contributed by atoms with Crippen molar-refractivity contribution in [3.63, 3.8) is 0 Å². The van der Waals surface area contributed by atoms with Gasteiger partial charge in [-0.1, -0.05) is 13.8 Å². The Morgan fingerprint density at radius 1 is 1.24 bits per heavy atom. The largest absolute Gasteiger partial charge is 0.312 e. The highest BCUT2D eigenvalue weighted by Gasteiger charge is 2.23. The van der Waals surface area contributed by atoms with E-state index in [-0.39, 0.29) is 5.91 Å². The van der Waals surface area contributed by atoms with Gasteiger partial charge in [-0.05, 0) is 55.2 Å². The number of amides is 1. The number of nitrogens with one attached hydrogen (secondary N) is 1. The Hall–Kier alpha value is -1.86. The summed E-state index contributed by atoms with van der Waals surface area (Å²) in [6, 6.07) is 8.90. The number of aryl methyl sites for hydroxylation is 2. The molecule has 0 radical (unpaired) electrons. The molecular formula is C18H22N2O3S2. The lowest BCUT2D eigenvalue weighted by Gasteiger charge is -2.29. The van der Waals surface area contributed by atoms with E-state index in [1.165, 1.54) is 11.3 Å². The van der Waals surface area contributed by atoms with E-state index in [2.05, 4.69) is 4.72 Å². The van der Waals surface area contributed by atoms with Gasteiger partial charge in [-0.25, -0.2) is 8.42 Å². The van der Waals surface area contributed by atoms with Crippen LogP contribution in [0.25, 0.3) is 0 Å². The Balaban J connectivity index is 1.86. The zero-order valence-electron chi connectivity index (χ0n) is 14.4. The Morgan fingerprint density at radius 2 is 2.04 bits per heavy atom. The van der Waals surface area contributed by atoms with Crippen LogP contribution >= 0.6 is 11.3 Å². The molecule has 1 aromatic heterocycles. The summed E-state index contributed by atoms with van der Waals surface area (Å²) in [7, 11) is -3.58. The minimum absolute atomic E-state index is 0.0972. The molecule has 1 N–H and O–H groups in total. The van der Waals surface area contributed by atoms with Gasteiger partial charge in [0, 0.05) is 29.2 Å². The molecule has 3 rings (SSSR count). The van der Waals surface area contributed by atoms with E-state index >= 15 is 0 Å². The fraction of sp³-hybridized carbons (Fsp3) is 0.389. The second-order valence-corrected chi connectivity index (χ2v) is 9.10. The Labute approximate surface area is 152 Å². The van der Waals surface area contributed by atoms with Crippen LogP contribution in [0.5, 0.6) is 0 Å². The summed E-state index contributed by atoms with van der Waals surface area (Å²) in [6.45, 7) is 4.58. The van der Waals surface area contributed by atoms with Crippen molar-refractivity contribution in [2.45, 2.75) is 43.7 Å². The summed E-state index contributed by atoms with van der Waals surface area (Å²) in [4.78, 5) is 14.9. The summed E-state index contributed by atoms with van der Waals surface area (Å²) in [5.41, 5.74) is 2.44. The number of sulfonamides is 1. The van der Waals surface area contributed by atoms with Crippen LogP contribution in [0.3, 0.4) is 0 Å². The predicted molar refractivity (Wildman–Crippen MR) is 102 cm³/mol. The van der Waals surface area contributed by atoms with Gasteiger partial charge in [0.05, 0.1) is 0 Å². The molecule has 0 bridgehead atoms. The summed E-state index contributed by atoms with van der Waals surface area (Å²) in [6.07, 6.45) is 3.02. The van der Waals surface area contributed by atoms with E-state index < -0.39 is 10.0 Å². The molecule has 5 nitrogen and oxygen atoms in total. The monoisotopic (exact) mass is 378 g/mol. The second kappa shape index (κ2) is 7.17. The zero-order valence-corrected chi connectivity index (χ0v) is 16.0. The van der Waals surface area contributed by atoms with E-state index in [4.69, 9.17) is 0 Å². The molecule has 134 valence electrons. The maximum atomic E-state index is 12.6. The summed E-state index contributed by atoms with van der Waals surface area (Å²) in [5, 5.41) is 0. The van der Waals surface area contributed by atoms with E-state index in [9.17, 15) is 13.2 Å². The van der Waals surface area contributed by atoms with Crippen molar-refractivity contribution < 1.29 is 13.2 Å². The van der Waals surface area contributed by atoms with Crippen LogP contribution < -0.4 is 9.62 Å². The highest BCUT2D eigenvalue weighted by atomic mass is 32.2. The highest BCUT2D eigenvalue weighted by Crippen LogP contribution is 2.31. The third kappa shape index (κ3) is 3.72. The number of rotatable bonds is 5. The van der Waals surface area contributed by atoms with Gasteiger partial charge in [-0.3, -0.25) is 9.52 Å². The molecule has 0 saturated heterocycles. The molecule has 1 amide bonds. The average molecular weight is 379 g/mol. The lowest BCUT2D eigenvalue weighted by molar-refractivity contribution is -0.118. The Morgan fingerprint density at radius 3 is 2.72 bits per heavy atom. The van der Waals surface area contributed by atoms with Crippen molar-refractivity contribution >= 4 is 38.6 Å². The van der Waals surface area contributed by atoms with Crippen LogP contribution in [-0.4, -0.2) is 20.9 Å². The number of hydrogen-bond donors (Lipinski definition) is 1. The molecule has 0 aliphatic carbocycles. The highest BCUT2D eigenvalue weighted by molar-refractivity contribution is 7.94. The lowest BCUT2D eigenvalue weighted by Crippen LogP contribution is -2.34. The van der Waals surface area contributed by atoms with E-state index in [0.717, 1.165) is 41.9 Å². The first-order valence-corrected chi connectivity index (χ1v) is 10.8. The predicted octanol–water partition coefficient (Wildman–Crippen LogP) is 3.80. The molecular weight excluding hydrogens is 356 g/mol. The molecule has 7 heteroatoms. The number of anilines is 2. The number of hydrogen-bond acceptors (Lipinski definition) is 4. The SMILES string of the molecule is CCC(=O)N1CCCc2cc(NS(=O)(=O)c3ccc(CC)s3)ccc21. The van der Waals surface area contributed by atoms with Crippen molar-refractivity contribution in [2.75, 3.05) is 16.2 Å². The van der Waals surface area contributed by atoms with Gasteiger partial charge in [0.1, 0.15) is 4.21 Å². The number of nitrogens with zero attached hydrogens (tertiary/aromatic N) is 1. The topological polar surface area (TPSA) is 66.5 Å². The van der Waals surface area contributed by atoms with Crippen molar-refractivity contribution in [1.82, 2.24) is 0 Å². The average Bonchev–Trinajstić information content (AvgIpc) is 3.10. The van der Waals surface area contributed by atoms with Gasteiger partial charge < -0.3 is 4.90 Å². The van der Waals surface area contributed by atoms with Crippen LogP contribution in [0.1, 0.15) is 37.1 Å². The number of thiophene rings is 1. The van der Waals surface area contributed by atoms with Crippen LogP contribution in [-0.2, 0) is 27.7 Å². The molecule has 1 aromatic carbocycles. The Kier molecular flexibility index (Phi) is 5.15. The summed E-state index contributed by atoms with van der Waals surface area (Å²) >= 11 is 1.29. The number of benzene rings is 1. The fourth-order valence-corrected chi connectivity index (χ4v) is 5.35. The van der Waals surface area contributed by atoms with Gasteiger partial charge in [0.15, 0.2) is 0 Å². The Bertz CT molecular complexity index is 887. The minimum atomic E-state index is -3.58. The smallest absolute Gasteiger partial charge is 0.271 e. The van der Waals surface area contributed by atoms with Crippen molar-refractivity contribution in [2.24, 2.45) is 0 Å². The molecule has 0 spiro atoms. The number of carbonyl (C=O) groups excluding carboxylic acids is 1. The fourth-order valence-electron chi connectivity index (χ4n) is 3.01. The third-order valence-electron chi connectivity index (χ3n) is 4.30. The molecule has 2 aromatic rings. The van der Waals surface area contributed by atoms with Gasteiger partial charge in [-0.15, -0.1) is 11.3 Å². The molecule has 0 atom stereocenters. The summed E-state index contributed by atoms with van der Waals surface area (Å²) in [5.74, 6) is 0.0972. The van der Waals surface area contributed by atoms with Crippen LogP contribution in [0.4, 0.5) is 11.4 Å². The first kappa shape index (κ1) is 17.9. The minimum Gasteiger partial charge on any atom is -0.312 e. The van der Waals surface area contributed by atoms with Crippen LogP contribution in [0, 0.1) is 0 Å². The van der Waals surface area contributed by atoms with E-state index in [1.54, 1.807) is 17.0 Å². The zero-order chi connectivity index (χ0) is 18.0. The molecule has 1 aliphatic heterocycles. The molecule has 25 heavy (non-hydrogen) atoms. The molecule has 0 fully saturated rings. The van der Waals surface area contributed by atoms with Gasteiger partial charge in [0.25, 0.3) is 10.0 Å². The maximum absolute atomic E-state index is 12.6.